The van der Waals surface area contributed by atoms with Gasteiger partial charge in [0.05, 0.1) is 53.3 Å². The summed E-state index contributed by atoms with van der Waals surface area (Å²) < 4.78 is 154. The number of ether oxygens (including phenoxy) is 4. The Labute approximate surface area is 320 Å². The topological polar surface area (TPSA) is 260 Å². The normalized spacial score (nSPS) is 25.3. The Kier molecular flexibility index (Phi) is 11.5. The fraction of sp³-hybridized carbons (Fsp3) is 0.333. The van der Waals surface area contributed by atoms with Crippen molar-refractivity contribution >= 4 is 47.2 Å². The second kappa shape index (κ2) is 15.2. The van der Waals surface area contributed by atoms with Crippen molar-refractivity contribution in [2.45, 2.75) is 42.7 Å². The highest BCUT2D eigenvalue weighted by Crippen LogP contribution is 2.68. The van der Waals surface area contributed by atoms with Crippen molar-refractivity contribution in [3.8, 4) is 23.0 Å². The van der Waals surface area contributed by atoms with Crippen molar-refractivity contribution in [2.24, 2.45) is 5.92 Å². The number of halogens is 5. The van der Waals surface area contributed by atoms with Gasteiger partial charge in [-0.2, -0.15) is 8.62 Å². The Balaban J connectivity index is 1.37. The highest BCUT2D eigenvalue weighted by molar-refractivity contribution is 8.00. The summed E-state index contributed by atoms with van der Waals surface area (Å²) in [5.41, 5.74) is -7.04. The minimum atomic E-state index is -6.15. The van der Waals surface area contributed by atoms with E-state index in [0.29, 0.717) is 12.1 Å². The summed E-state index contributed by atoms with van der Waals surface area (Å²) >= 11 is -0.0484. The van der Waals surface area contributed by atoms with E-state index in [9.17, 15) is 43.1 Å². The number of benzene rings is 3. The van der Waals surface area contributed by atoms with Crippen LogP contribution in [0.25, 0.3) is 0 Å². The predicted molar refractivity (Wildman–Crippen MR) is 177 cm³/mol. The van der Waals surface area contributed by atoms with Gasteiger partial charge in [-0.1, -0.05) is 6.92 Å². The number of methoxy groups -OCH3 is 1. The second-order valence-corrected chi connectivity index (χ2v) is 17.9. The van der Waals surface area contributed by atoms with Crippen molar-refractivity contribution in [3.05, 3.63) is 75.6 Å². The molecule has 5 N–H and O–H groups in total. The number of phosphoric ester groups is 2. The third-order valence-corrected chi connectivity index (χ3v) is 14.0. The molecule has 3 aromatic carbocycles. The highest BCUT2D eigenvalue weighted by atomic mass is 32.2. The maximum atomic E-state index is 16.4. The first-order valence-electron chi connectivity index (χ1n) is 15.7. The van der Waals surface area contributed by atoms with Gasteiger partial charge in [0.1, 0.15) is 29.0 Å². The molecule has 8 atom stereocenters. The molecule has 3 aromatic rings. The number of thioether (sulfide) groups is 1. The van der Waals surface area contributed by atoms with Gasteiger partial charge in [-0.25, -0.2) is 40.4 Å². The van der Waals surface area contributed by atoms with Crippen LogP contribution in [0, 0.1) is 35.0 Å². The molecule has 0 radical (unpaired) electrons. The average Bonchev–Trinajstić information content (AvgIpc) is 3.54. The number of hydrogen-bond donors (Lipinski definition) is 5. The van der Waals surface area contributed by atoms with Gasteiger partial charge in [0.15, 0.2) is 40.4 Å². The van der Waals surface area contributed by atoms with E-state index in [1.165, 1.54) is 0 Å². The first-order chi connectivity index (χ1) is 26.4. The Morgan fingerprint density at radius 3 is 2.02 bits per heavy atom. The summed E-state index contributed by atoms with van der Waals surface area (Å²) in [5, 5.41) is 19.2. The van der Waals surface area contributed by atoms with Gasteiger partial charge in [-0.15, -0.1) is 11.8 Å². The Bertz CT molecular complexity index is 2350. The molecular formula is C30H26F5O18P3S. The number of aliphatic hydroxyl groups is 1. The van der Waals surface area contributed by atoms with Gasteiger partial charge in [0.2, 0.25) is 0 Å². The van der Waals surface area contributed by atoms with Gasteiger partial charge < -0.3 is 43.5 Å². The molecule has 0 bridgehead atoms. The molecule has 1 spiro atoms. The number of aliphatic carboxylic acids is 1. The number of aliphatic hydroxyl groups excluding tert-OH is 1. The fourth-order valence-electron chi connectivity index (χ4n) is 6.16. The zero-order chi connectivity index (χ0) is 42.2. The molecule has 0 aliphatic carbocycles. The maximum absolute atomic E-state index is 16.4. The number of rotatable bonds is 13. The van der Waals surface area contributed by atoms with Crippen molar-refractivity contribution in [1.82, 2.24) is 0 Å². The largest absolute Gasteiger partial charge is 0.536 e. The molecule has 0 saturated carbocycles. The predicted octanol–water partition coefficient (Wildman–Crippen LogP) is 5.65. The lowest BCUT2D eigenvalue weighted by Crippen LogP contribution is -2.34. The minimum Gasteiger partial charge on any atom is -0.494 e. The van der Waals surface area contributed by atoms with Crippen LogP contribution in [0.1, 0.15) is 40.9 Å². The van der Waals surface area contributed by atoms with Crippen LogP contribution in [-0.2, 0) is 46.7 Å². The third kappa shape index (κ3) is 7.94. The molecule has 0 amide bonds. The lowest BCUT2D eigenvalue weighted by Gasteiger charge is -2.37. The maximum Gasteiger partial charge on any atom is 0.536 e. The quantitative estimate of drug-likeness (QED) is 0.0456. The monoisotopic (exact) mass is 894 g/mol. The molecule has 57 heavy (non-hydrogen) atoms. The summed E-state index contributed by atoms with van der Waals surface area (Å²) in [7, 11) is -16.9. The van der Waals surface area contributed by atoms with Crippen LogP contribution in [0.15, 0.2) is 29.2 Å². The van der Waals surface area contributed by atoms with Gasteiger partial charge in [-0.3, -0.25) is 14.2 Å². The number of carboxylic acid groups (broad SMARTS) is 1. The molecule has 310 valence electrons. The Morgan fingerprint density at radius 1 is 0.877 bits per heavy atom. The first-order valence-corrected chi connectivity index (χ1v) is 21.2. The smallest absolute Gasteiger partial charge is 0.494 e. The first kappa shape index (κ1) is 43.0. The van der Waals surface area contributed by atoms with E-state index in [1.807, 2.05) is 0 Å². The third-order valence-electron chi connectivity index (χ3n) is 8.77. The van der Waals surface area contributed by atoms with E-state index in [-0.39, 0.29) is 17.8 Å². The van der Waals surface area contributed by atoms with Crippen molar-refractivity contribution in [1.29, 1.82) is 0 Å². The van der Waals surface area contributed by atoms with Crippen LogP contribution >= 0.6 is 35.2 Å². The van der Waals surface area contributed by atoms with Crippen LogP contribution < -0.4 is 14.0 Å². The van der Waals surface area contributed by atoms with E-state index in [1.54, 1.807) is 13.8 Å². The summed E-state index contributed by atoms with van der Waals surface area (Å²) in [6, 6.07) is 2.06. The molecule has 6 rings (SSSR count). The van der Waals surface area contributed by atoms with E-state index in [4.69, 9.17) is 24.1 Å². The summed E-state index contributed by atoms with van der Waals surface area (Å²) in [6.45, 7) is 2.31. The lowest BCUT2D eigenvalue weighted by atomic mass is 9.77. The summed E-state index contributed by atoms with van der Waals surface area (Å²) in [5.74, 6) is -17.0. The van der Waals surface area contributed by atoms with Crippen LogP contribution in [0.2, 0.25) is 0 Å². The molecule has 3 heterocycles. The molecule has 5 unspecified atom stereocenters. The minimum absolute atomic E-state index is 0.0484. The number of fused-ring (bicyclic) bond motifs is 6. The van der Waals surface area contributed by atoms with Crippen LogP contribution in [-0.4, -0.2) is 74.6 Å². The Morgan fingerprint density at radius 2 is 1.46 bits per heavy atom. The molecule has 27 heteroatoms. The number of carboxylic acids is 1. The molecule has 3 aliphatic heterocycles. The lowest BCUT2D eigenvalue weighted by molar-refractivity contribution is -0.133. The standard InChI is InChI=1S/C30H26F5O18P3S/c1-10-11(2)48-20(27(10)38)8-47-54(40,41)52-56(44,45)53-55(42,43)51-19-7-17-13(5-15(19)32)30(12-4-14(31)18(46-3)6-16(12)49-17)23-22(29(39)50-30)24(33)26(35)28(25(23)34)57-9-21(36)37/h4-7,10-11,20,27,38H,8-9H2,1-3H3,(H,36,37)(H,40,41)(H,42,43)(H,44,45)/t10-,11+,20-,27?,30?/m1/s1. The molecular weight excluding hydrogens is 868 g/mol. The van der Waals surface area contributed by atoms with Crippen LogP contribution in [0.4, 0.5) is 22.0 Å². The van der Waals surface area contributed by atoms with E-state index < -0.39 is 157 Å². The van der Waals surface area contributed by atoms with E-state index in [2.05, 4.69) is 17.7 Å². The highest BCUT2D eigenvalue weighted by Gasteiger charge is 2.58. The van der Waals surface area contributed by atoms with Gasteiger partial charge in [0.25, 0.3) is 0 Å². The number of esters is 1. The average molecular weight is 894 g/mol. The van der Waals surface area contributed by atoms with Crippen LogP contribution in [0.5, 0.6) is 23.0 Å². The van der Waals surface area contributed by atoms with Crippen LogP contribution in [0.3, 0.4) is 0 Å². The van der Waals surface area contributed by atoms with Gasteiger partial charge in [0, 0.05) is 18.1 Å². The fourth-order valence-corrected chi connectivity index (χ4v) is 10.4. The van der Waals surface area contributed by atoms with E-state index in [0.717, 1.165) is 13.2 Å². The summed E-state index contributed by atoms with van der Waals surface area (Å²) in [4.78, 5) is 53.4. The molecule has 3 aliphatic rings. The zero-order valence-electron chi connectivity index (χ0n) is 28.7. The molecule has 18 nitrogen and oxygen atoms in total. The number of hydrogen-bond acceptors (Lipinski definition) is 15. The number of carbonyl (C=O) groups excluding carboxylic acids is 1. The SMILES string of the molecule is COc1cc2c(cc1F)C1(OC(=O)c3c(F)c(F)c(SCC(=O)O)c(F)c31)c1cc(F)c(OP(=O)(O)OP(=O)(O)OP(=O)(O)OC[C@H]3O[C@@H](C)[C@@H](C)C3O)cc1O2. The zero-order valence-corrected chi connectivity index (χ0v) is 32.2. The van der Waals surface area contributed by atoms with Crippen molar-refractivity contribution in [3.63, 3.8) is 0 Å². The molecule has 0 aromatic heterocycles. The molecule has 1 fully saturated rings. The summed E-state index contributed by atoms with van der Waals surface area (Å²) in [6.07, 6.45) is -2.90. The van der Waals surface area contributed by atoms with Crippen molar-refractivity contribution in [2.75, 3.05) is 19.5 Å². The number of phosphoric acid groups is 3. The van der Waals surface area contributed by atoms with E-state index >= 15 is 22.0 Å². The Hall–Kier alpha value is -3.63. The van der Waals surface area contributed by atoms with Crippen molar-refractivity contribution < 1.29 is 107 Å². The second-order valence-electron chi connectivity index (χ2n) is 12.3. The van der Waals surface area contributed by atoms with Gasteiger partial charge in [-0.05, 0) is 19.1 Å². The number of carbonyl (C=O) groups is 2. The molecule has 1 saturated heterocycles. The van der Waals surface area contributed by atoms with Gasteiger partial charge >= 0.3 is 35.4 Å².